The van der Waals surface area contributed by atoms with Crippen LogP contribution in [0.25, 0.3) is 0 Å². The summed E-state index contributed by atoms with van der Waals surface area (Å²) < 4.78 is 0. The van der Waals surface area contributed by atoms with Gasteiger partial charge in [0.1, 0.15) is 12.1 Å². The highest BCUT2D eigenvalue weighted by molar-refractivity contribution is 6.28. The maximum Gasteiger partial charge on any atom is 0.243 e. The number of ketones is 1. The number of likely N-dealkylation sites (tertiary alicyclic amines) is 1. The lowest BCUT2D eigenvalue weighted by atomic mass is 10.0. The average Bonchev–Trinajstić information content (AvgIpc) is 3.08. The standard InChI is InChI=1S/C18H31ClN4O4/c1-10(2)8-13(15(24)9-19)22-16(25)12(4)21-17(26)14-6-5-7-23(14)18(27)11(3)20/h10-14H,5-9,20H2,1-4H3,(H,21,26)(H,22,25)/t11-,12+,13?,14-/m1/s1. The number of nitrogens with zero attached hydrogens (tertiary/aromatic N) is 1. The molecule has 3 amide bonds. The van der Waals surface area contributed by atoms with Crippen LogP contribution >= 0.6 is 11.6 Å². The Balaban J connectivity index is 2.69. The Morgan fingerprint density at radius 1 is 1.15 bits per heavy atom. The van der Waals surface area contributed by atoms with Crippen LogP contribution in [0.5, 0.6) is 0 Å². The molecule has 0 aromatic heterocycles. The number of rotatable bonds is 9. The molecular weight excluding hydrogens is 372 g/mol. The predicted octanol–water partition coefficient (Wildman–Crippen LogP) is 0.168. The molecule has 1 saturated heterocycles. The monoisotopic (exact) mass is 402 g/mol. The van der Waals surface area contributed by atoms with E-state index in [-0.39, 0.29) is 23.5 Å². The van der Waals surface area contributed by atoms with Crippen molar-refractivity contribution in [1.29, 1.82) is 0 Å². The van der Waals surface area contributed by atoms with E-state index in [1.54, 1.807) is 6.92 Å². The van der Waals surface area contributed by atoms with Crippen LogP contribution in [0.1, 0.15) is 47.0 Å². The Morgan fingerprint density at radius 3 is 2.30 bits per heavy atom. The molecule has 0 aliphatic carbocycles. The van der Waals surface area contributed by atoms with Gasteiger partial charge in [-0.15, -0.1) is 11.6 Å². The average molecular weight is 403 g/mol. The lowest BCUT2D eigenvalue weighted by molar-refractivity contribution is -0.140. The van der Waals surface area contributed by atoms with E-state index in [0.29, 0.717) is 25.8 Å². The Labute approximate surface area is 165 Å². The molecule has 1 heterocycles. The summed E-state index contributed by atoms with van der Waals surface area (Å²) in [7, 11) is 0. The molecule has 27 heavy (non-hydrogen) atoms. The topological polar surface area (TPSA) is 122 Å². The molecule has 1 unspecified atom stereocenters. The molecule has 0 radical (unpaired) electrons. The van der Waals surface area contributed by atoms with E-state index >= 15 is 0 Å². The van der Waals surface area contributed by atoms with Crippen molar-refractivity contribution in [1.82, 2.24) is 15.5 Å². The van der Waals surface area contributed by atoms with Gasteiger partial charge in [-0.25, -0.2) is 0 Å². The van der Waals surface area contributed by atoms with Crippen molar-refractivity contribution in [2.45, 2.75) is 71.1 Å². The smallest absolute Gasteiger partial charge is 0.243 e. The molecule has 154 valence electrons. The largest absolute Gasteiger partial charge is 0.344 e. The molecule has 0 bridgehead atoms. The number of nitrogens with two attached hydrogens (primary N) is 1. The highest BCUT2D eigenvalue weighted by atomic mass is 35.5. The number of hydrogen-bond donors (Lipinski definition) is 3. The van der Waals surface area contributed by atoms with Gasteiger partial charge in [0.2, 0.25) is 17.7 Å². The van der Waals surface area contributed by atoms with Crippen LogP contribution in [0.3, 0.4) is 0 Å². The SMILES string of the molecule is CC(C)CC(NC(=O)[C@H](C)NC(=O)[C@H]1CCCN1C(=O)[C@@H](C)N)C(=O)CCl. The van der Waals surface area contributed by atoms with Gasteiger partial charge in [-0.1, -0.05) is 13.8 Å². The molecule has 0 aromatic rings. The fourth-order valence-corrected chi connectivity index (χ4v) is 3.26. The van der Waals surface area contributed by atoms with E-state index in [1.807, 2.05) is 13.8 Å². The van der Waals surface area contributed by atoms with Gasteiger partial charge in [-0.3, -0.25) is 19.2 Å². The van der Waals surface area contributed by atoms with E-state index in [1.165, 1.54) is 11.8 Å². The van der Waals surface area contributed by atoms with Gasteiger partial charge in [0.05, 0.1) is 18.0 Å². The molecule has 0 spiro atoms. The maximum atomic E-state index is 12.5. The highest BCUT2D eigenvalue weighted by Gasteiger charge is 2.36. The van der Waals surface area contributed by atoms with Crippen molar-refractivity contribution in [3.8, 4) is 0 Å². The second-order valence-electron chi connectivity index (χ2n) is 7.50. The summed E-state index contributed by atoms with van der Waals surface area (Å²) in [5.41, 5.74) is 5.63. The quantitative estimate of drug-likeness (QED) is 0.474. The minimum Gasteiger partial charge on any atom is -0.344 e. The Morgan fingerprint density at radius 2 is 1.78 bits per heavy atom. The molecule has 1 rings (SSSR count). The number of amides is 3. The van der Waals surface area contributed by atoms with E-state index in [4.69, 9.17) is 17.3 Å². The van der Waals surface area contributed by atoms with Crippen molar-refractivity contribution in [2.75, 3.05) is 12.4 Å². The first kappa shape index (κ1) is 23.4. The molecule has 4 N–H and O–H groups in total. The Hall–Kier alpha value is -1.67. The van der Waals surface area contributed by atoms with Gasteiger partial charge in [0.25, 0.3) is 0 Å². The third kappa shape index (κ3) is 6.77. The van der Waals surface area contributed by atoms with Gasteiger partial charge in [0.15, 0.2) is 5.78 Å². The van der Waals surface area contributed by atoms with Crippen LogP contribution in [0.2, 0.25) is 0 Å². The summed E-state index contributed by atoms with van der Waals surface area (Å²) >= 11 is 5.62. The Bertz CT molecular complexity index is 568. The van der Waals surface area contributed by atoms with Crippen molar-refractivity contribution < 1.29 is 19.2 Å². The van der Waals surface area contributed by atoms with Gasteiger partial charge < -0.3 is 21.3 Å². The van der Waals surface area contributed by atoms with Gasteiger partial charge in [0, 0.05) is 6.54 Å². The molecular formula is C18H31ClN4O4. The number of alkyl halides is 1. The lowest BCUT2D eigenvalue weighted by Crippen LogP contribution is -2.55. The maximum absolute atomic E-state index is 12.5. The van der Waals surface area contributed by atoms with Crippen LogP contribution in [0.15, 0.2) is 0 Å². The molecule has 0 saturated carbocycles. The molecule has 9 heteroatoms. The number of nitrogens with one attached hydrogen (secondary N) is 2. The second kappa shape index (κ2) is 10.6. The number of carbonyl (C=O) groups is 4. The first-order valence-corrected chi connectivity index (χ1v) is 9.87. The Kier molecular flexibility index (Phi) is 9.18. The summed E-state index contributed by atoms with van der Waals surface area (Å²) in [5.74, 6) is -1.39. The third-order valence-electron chi connectivity index (χ3n) is 4.52. The fourth-order valence-electron chi connectivity index (χ4n) is 3.07. The highest BCUT2D eigenvalue weighted by Crippen LogP contribution is 2.18. The number of halogens is 1. The summed E-state index contributed by atoms with van der Waals surface area (Å²) in [5, 5.41) is 5.29. The van der Waals surface area contributed by atoms with E-state index in [9.17, 15) is 19.2 Å². The molecule has 4 atom stereocenters. The molecule has 1 aliphatic rings. The predicted molar refractivity (Wildman–Crippen MR) is 103 cm³/mol. The molecule has 1 fully saturated rings. The number of hydrogen-bond acceptors (Lipinski definition) is 5. The minimum absolute atomic E-state index is 0.186. The zero-order valence-corrected chi connectivity index (χ0v) is 17.2. The van der Waals surface area contributed by atoms with Crippen LogP contribution in [-0.2, 0) is 19.2 Å². The minimum atomic E-state index is -0.844. The fraction of sp³-hybridized carbons (Fsp3) is 0.778. The third-order valence-corrected chi connectivity index (χ3v) is 4.79. The lowest BCUT2D eigenvalue weighted by Gasteiger charge is -2.27. The summed E-state index contributed by atoms with van der Waals surface area (Å²) in [6.45, 7) is 7.47. The first-order valence-electron chi connectivity index (χ1n) is 9.33. The van der Waals surface area contributed by atoms with Crippen LogP contribution in [0.4, 0.5) is 0 Å². The van der Waals surface area contributed by atoms with Gasteiger partial charge in [-0.05, 0) is 39.0 Å². The first-order chi connectivity index (χ1) is 12.6. The second-order valence-corrected chi connectivity index (χ2v) is 7.77. The summed E-state index contributed by atoms with van der Waals surface area (Å²) in [6.07, 6.45) is 1.70. The van der Waals surface area contributed by atoms with E-state index in [0.717, 1.165) is 0 Å². The van der Waals surface area contributed by atoms with Gasteiger partial charge in [-0.2, -0.15) is 0 Å². The van der Waals surface area contributed by atoms with Crippen LogP contribution in [-0.4, -0.2) is 65.0 Å². The van der Waals surface area contributed by atoms with Crippen molar-refractivity contribution in [3.05, 3.63) is 0 Å². The van der Waals surface area contributed by atoms with Crippen LogP contribution in [0, 0.1) is 5.92 Å². The van der Waals surface area contributed by atoms with Crippen molar-refractivity contribution in [3.63, 3.8) is 0 Å². The zero-order valence-electron chi connectivity index (χ0n) is 16.5. The van der Waals surface area contributed by atoms with Gasteiger partial charge >= 0.3 is 0 Å². The molecule has 8 nitrogen and oxygen atoms in total. The summed E-state index contributed by atoms with van der Waals surface area (Å²) in [6, 6.07) is -2.84. The number of carbonyl (C=O) groups excluding carboxylic acids is 4. The van der Waals surface area contributed by atoms with Crippen LogP contribution < -0.4 is 16.4 Å². The van der Waals surface area contributed by atoms with Crippen molar-refractivity contribution in [2.24, 2.45) is 11.7 Å². The zero-order chi connectivity index (χ0) is 20.7. The van der Waals surface area contributed by atoms with E-state index < -0.39 is 36.0 Å². The number of Topliss-reactive ketones (excluding diaryl/α,β-unsaturated/α-hetero) is 1. The van der Waals surface area contributed by atoms with Crippen molar-refractivity contribution >= 4 is 35.1 Å². The molecule has 1 aliphatic heterocycles. The van der Waals surface area contributed by atoms with E-state index in [2.05, 4.69) is 10.6 Å². The summed E-state index contributed by atoms with van der Waals surface area (Å²) in [4.78, 5) is 50.5. The molecule has 0 aromatic carbocycles. The normalized spacial score (nSPS) is 20.1.